The molecule has 1 aromatic heterocycles. The molecule has 17 heavy (non-hydrogen) atoms. The molecule has 4 nitrogen and oxygen atoms in total. The van der Waals surface area contributed by atoms with E-state index in [0.29, 0.717) is 0 Å². The minimum absolute atomic E-state index is 0.187. The fraction of sp³-hybridized carbons (Fsp3) is 0.0833. The van der Waals surface area contributed by atoms with Crippen molar-refractivity contribution in [1.82, 2.24) is 4.98 Å². The second kappa shape index (κ2) is 4.18. The van der Waals surface area contributed by atoms with Crippen LogP contribution in [0.1, 0.15) is 0 Å². The van der Waals surface area contributed by atoms with Crippen molar-refractivity contribution in [2.24, 2.45) is 0 Å². The van der Waals surface area contributed by atoms with Crippen molar-refractivity contribution < 1.29 is 8.42 Å². The van der Waals surface area contributed by atoms with E-state index in [9.17, 15) is 13.2 Å². The largest absolute Gasteiger partial charge is 0.328 e. The van der Waals surface area contributed by atoms with E-state index in [1.807, 2.05) is 0 Å². The quantitative estimate of drug-likeness (QED) is 0.875. The van der Waals surface area contributed by atoms with E-state index >= 15 is 0 Å². The summed E-state index contributed by atoms with van der Waals surface area (Å²) >= 11 is 0. The van der Waals surface area contributed by atoms with E-state index in [4.69, 9.17) is 0 Å². The van der Waals surface area contributed by atoms with Gasteiger partial charge in [-0.05, 0) is 29.3 Å². The van der Waals surface area contributed by atoms with Crippen molar-refractivity contribution in [3.8, 4) is 11.1 Å². The normalized spacial score (nSPS) is 11.4. The molecule has 2 aromatic rings. The Balaban J connectivity index is 2.54. The molecule has 0 bridgehead atoms. The van der Waals surface area contributed by atoms with Crippen LogP contribution in [0.3, 0.4) is 0 Å². The third-order valence-electron chi connectivity index (χ3n) is 2.38. The number of benzene rings is 1. The molecule has 0 saturated carbocycles. The second-order valence-corrected chi connectivity index (χ2v) is 5.76. The van der Waals surface area contributed by atoms with Gasteiger partial charge in [0.25, 0.3) is 0 Å². The number of aromatic nitrogens is 1. The molecule has 1 heterocycles. The average molecular weight is 249 g/mol. The lowest BCUT2D eigenvalue weighted by Gasteiger charge is -2.03. The summed E-state index contributed by atoms with van der Waals surface area (Å²) in [7, 11) is -3.21. The van der Waals surface area contributed by atoms with Gasteiger partial charge in [0.2, 0.25) is 5.56 Å². The number of hydrogen-bond acceptors (Lipinski definition) is 3. The van der Waals surface area contributed by atoms with Crippen LogP contribution in [-0.4, -0.2) is 19.7 Å². The van der Waals surface area contributed by atoms with Gasteiger partial charge < -0.3 is 4.98 Å². The molecule has 0 amide bonds. The zero-order valence-corrected chi connectivity index (χ0v) is 9.99. The predicted molar refractivity (Wildman–Crippen MR) is 65.6 cm³/mol. The van der Waals surface area contributed by atoms with Crippen LogP contribution in [0.4, 0.5) is 0 Å². The van der Waals surface area contributed by atoms with Gasteiger partial charge >= 0.3 is 0 Å². The van der Waals surface area contributed by atoms with Gasteiger partial charge in [-0.25, -0.2) is 8.42 Å². The van der Waals surface area contributed by atoms with Gasteiger partial charge in [0.05, 0.1) is 4.90 Å². The van der Waals surface area contributed by atoms with E-state index < -0.39 is 9.84 Å². The van der Waals surface area contributed by atoms with Crippen LogP contribution in [0.25, 0.3) is 11.1 Å². The SMILES string of the molecule is CS(=O)(=O)c1cccc(-c2ccc(=O)[nH]c2)c1. The first-order chi connectivity index (χ1) is 7.97. The minimum Gasteiger partial charge on any atom is -0.328 e. The van der Waals surface area contributed by atoms with Gasteiger partial charge in [-0.2, -0.15) is 0 Å². The Kier molecular flexibility index (Phi) is 2.85. The topological polar surface area (TPSA) is 67.0 Å². The molecule has 0 aliphatic carbocycles. The van der Waals surface area contributed by atoms with E-state index in [-0.39, 0.29) is 10.5 Å². The van der Waals surface area contributed by atoms with E-state index in [1.54, 1.807) is 36.5 Å². The first kappa shape index (κ1) is 11.6. The summed E-state index contributed by atoms with van der Waals surface area (Å²) in [5.41, 5.74) is 1.34. The summed E-state index contributed by atoms with van der Waals surface area (Å²) in [4.78, 5) is 13.7. The Bertz CT molecular complexity index is 681. The number of rotatable bonds is 2. The lowest BCUT2D eigenvalue weighted by Crippen LogP contribution is -2.01. The highest BCUT2D eigenvalue weighted by atomic mass is 32.2. The van der Waals surface area contributed by atoms with Crippen LogP contribution in [0.2, 0.25) is 0 Å². The van der Waals surface area contributed by atoms with Crippen molar-refractivity contribution in [2.45, 2.75) is 4.90 Å². The highest BCUT2D eigenvalue weighted by Crippen LogP contribution is 2.20. The Morgan fingerprint density at radius 3 is 2.41 bits per heavy atom. The lowest BCUT2D eigenvalue weighted by molar-refractivity contribution is 0.602. The van der Waals surface area contributed by atoms with E-state index in [0.717, 1.165) is 11.1 Å². The van der Waals surface area contributed by atoms with Crippen molar-refractivity contribution >= 4 is 9.84 Å². The summed E-state index contributed by atoms with van der Waals surface area (Å²) in [6.45, 7) is 0. The maximum atomic E-state index is 11.4. The molecule has 0 aliphatic rings. The summed E-state index contributed by atoms with van der Waals surface area (Å²) in [5.74, 6) is 0. The number of hydrogen-bond donors (Lipinski definition) is 1. The standard InChI is InChI=1S/C12H11NO3S/c1-17(15,16)11-4-2-3-9(7-11)10-5-6-12(14)13-8-10/h2-8H,1H3,(H,13,14). The van der Waals surface area contributed by atoms with Gasteiger partial charge in [-0.3, -0.25) is 4.79 Å². The molecule has 0 radical (unpaired) electrons. The number of sulfone groups is 1. The number of aromatic amines is 1. The summed E-state index contributed by atoms with van der Waals surface area (Å²) in [6, 6.07) is 9.66. The molecule has 5 heteroatoms. The average Bonchev–Trinajstić information content (AvgIpc) is 2.29. The van der Waals surface area contributed by atoms with Gasteiger partial charge in [0.15, 0.2) is 9.84 Å². The maximum Gasteiger partial charge on any atom is 0.247 e. The van der Waals surface area contributed by atoms with Crippen LogP contribution in [0, 0.1) is 0 Å². The molecular formula is C12H11NO3S. The van der Waals surface area contributed by atoms with Gasteiger partial charge in [0, 0.05) is 18.5 Å². The van der Waals surface area contributed by atoms with Gasteiger partial charge in [0.1, 0.15) is 0 Å². The molecule has 0 spiro atoms. The predicted octanol–water partition coefficient (Wildman–Crippen LogP) is 1.45. The molecule has 0 atom stereocenters. The zero-order valence-electron chi connectivity index (χ0n) is 9.17. The zero-order chi connectivity index (χ0) is 12.5. The fourth-order valence-corrected chi connectivity index (χ4v) is 2.16. The van der Waals surface area contributed by atoms with Gasteiger partial charge in [-0.15, -0.1) is 0 Å². The van der Waals surface area contributed by atoms with Crippen LogP contribution in [-0.2, 0) is 9.84 Å². The third-order valence-corrected chi connectivity index (χ3v) is 3.49. The highest BCUT2D eigenvalue weighted by Gasteiger charge is 2.07. The molecule has 0 unspecified atom stereocenters. The highest BCUT2D eigenvalue weighted by molar-refractivity contribution is 7.90. The van der Waals surface area contributed by atoms with Crippen molar-refractivity contribution in [1.29, 1.82) is 0 Å². The molecule has 1 aromatic carbocycles. The van der Waals surface area contributed by atoms with E-state index in [2.05, 4.69) is 4.98 Å². The molecular weight excluding hydrogens is 238 g/mol. The fourth-order valence-electron chi connectivity index (χ4n) is 1.50. The van der Waals surface area contributed by atoms with Gasteiger partial charge in [-0.1, -0.05) is 12.1 Å². The molecule has 88 valence electrons. The molecule has 0 aliphatic heterocycles. The van der Waals surface area contributed by atoms with Crippen LogP contribution < -0.4 is 5.56 Å². The molecule has 2 rings (SSSR count). The lowest BCUT2D eigenvalue weighted by atomic mass is 10.1. The van der Waals surface area contributed by atoms with Crippen LogP contribution >= 0.6 is 0 Å². The third kappa shape index (κ3) is 2.62. The Morgan fingerprint density at radius 2 is 1.82 bits per heavy atom. The Hall–Kier alpha value is -1.88. The monoisotopic (exact) mass is 249 g/mol. The first-order valence-electron chi connectivity index (χ1n) is 4.96. The van der Waals surface area contributed by atoms with Crippen LogP contribution in [0.15, 0.2) is 52.3 Å². The summed E-state index contributed by atoms with van der Waals surface area (Å²) < 4.78 is 22.8. The smallest absolute Gasteiger partial charge is 0.247 e. The molecule has 0 fully saturated rings. The summed E-state index contributed by atoms with van der Waals surface area (Å²) in [5, 5.41) is 0. The number of nitrogens with one attached hydrogen (secondary N) is 1. The summed E-state index contributed by atoms with van der Waals surface area (Å²) in [6.07, 6.45) is 2.72. The first-order valence-corrected chi connectivity index (χ1v) is 6.85. The minimum atomic E-state index is -3.21. The van der Waals surface area contributed by atoms with Crippen LogP contribution in [0.5, 0.6) is 0 Å². The van der Waals surface area contributed by atoms with Crippen molar-refractivity contribution in [3.05, 3.63) is 52.9 Å². The Morgan fingerprint density at radius 1 is 1.06 bits per heavy atom. The molecule has 0 saturated heterocycles. The van der Waals surface area contributed by atoms with Crippen molar-refractivity contribution in [2.75, 3.05) is 6.26 Å². The molecule has 1 N–H and O–H groups in total. The Labute approximate surface area is 98.9 Å². The van der Waals surface area contributed by atoms with E-state index in [1.165, 1.54) is 12.3 Å². The van der Waals surface area contributed by atoms with Crippen molar-refractivity contribution in [3.63, 3.8) is 0 Å². The number of H-pyrrole nitrogens is 1. The second-order valence-electron chi connectivity index (χ2n) is 3.74. The maximum absolute atomic E-state index is 11.4. The number of pyridine rings is 1.